The van der Waals surface area contributed by atoms with E-state index in [0.29, 0.717) is 12.0 Å². The number of nitrogens with zero attached hydrogens (tertiary/aromatic N) is 3. The van der Waals surface area contributed by atoms with Crippen LogP contribution in [0.3, 0.4) is 0 Å². The summed E-state index contributed by atoms with van der Waals surface area (Å²) in [5.41, 5.74) is 7.66. The van der Waals surface area contributed by atoms with Crippen LogP contribution in [0.1, 0.15) is 41.0 Å². The number of hydrogen-bond acceptors (Lipinski definition) is 4. The summed E-state index contributed by atoms with van der Waals surface area (Å²) in [6.07, 6.45) is 5.20. The van der Waals surface area contributed by atoms with Gasteiger partial charge in [0.1, 0.15) is 0 Å². The number of fused-ring (bicyclic) bond motifs is 3. The van der Waals surface area contributed by atoms with Crippen LogP contribution in [-0.4, -0.2) is 34.0 Å². The van der Waals surface area contributed by atoms with Gasteiger partial charge < -0.3 is 5.32 Å². The Kier molecular flexibility index (Phi) is 5.82. The van der Waals surface area contributed by atoms with Gasteiger partial charge in [-0.15, -0.1) is 0 Å². The van der Waals surface area contributed by atoms with E-state index in [-0.39, 0.29) is 0 Å². The van der Waals surface area contributed by atoms with Crippen LogP contribution < -0.4 is 5.32 Å². The number of rotatable bonds is 5. The van der Waals surface area contributed by atoms with E-state index in [2.05, 4.69) is 95.1 Å². The van der Waals surface area contributed by atoms with Gasteiger partial charge in [-0.3, -0.25) is 4.90 Å². The number of piperidine rings is 1. The number of benzene rings is 3. The summed E-state index contributed by atoms with van der Waals surface area (Å²) in [7, 11) is 0. The van der Waals surface area contributed by atoms with Crippen LogP contribution in [0.5, 0.6) is 0 Å². The van der Waals surface area contributed by atoms with Crippen molar-refractivity contribution in [3.05, 3.63) is 113 Å². The number of aromatic nitrogens is 2. The van der Waals surface area contributed by atoms with Crippen LogP contribution in [0.4, 0.5) is 5.95 Å². The fourth-order valence-electron chi connectivity index (χ4n) is 5.45. The van der Waals surface area contributed by atoms with Gasteiger partial charge in [-0.25, -0.2) is 9.97 Å². The molecule has 1 N–H and O–H groups in total. The van der Waals surface area contributed by atoms with E-state index in [1.165, 1.54) is 27.8 Å². The molecule has 1 saturated heterocycles. The molecular weight excluding hydrogens is 416 g/mol. The molecule has 0 amide bonds. The first-order chi connectivity index (χ1) is 16.8. The van der Waals surface area contributed by atoms with E-state index in [9.17, 15) is 0 Å². The monoisotopic (exact) mass is 446 g/mol. The minimum absolute atomic E-state index is 0.348. The van der Waals surface area contributed by atoms with E-state index in [1.807, 2.05) is 6.20 Å². The Labute approximate surface area is 201 Å². The van der Waals surface area contributed by atoms with Crippen molar-refractivity contribution in [2.24, 2.45) is 0 Å². The first kappa shape index (κ1) is 21.1. The van der Waals surface area contributed by atoms with Crippen molar-refractivity contribution in [2.45, 2.75) is 37.8 Å². The van der Waals surface area contributed by atoms with E-state index in [1.54, 1.807) is 0 Å². The third-order valence-corrected chi connectivity index (χ3v) is 7.25. The molecule has 4 aromatic rings. The zero-order valence-corrected chi connectivity index (χ0v) is 19.4. The lowest BCUT2D eigenvalue weighted by atomic mass is 9.78. The predicted molar refractivity (Wildman–Crippen MR) is 138 cm³/mol. The zero-order valence-electron chi connectivity index (χ0n) is 19.4. The topological polar surface area (TPSA) is 41.0 Å². The number of anilines is 1. The molecule has 3 aromatic carbocycles. The van der Waals surface area contributed by atoms with Crippen molar-refractivity contribution in [1.29, 1.82) is 0 Å². The first-order valence-corrected chi connectivity index (χ1v) is 12.4. The van der Waals surface area contributed by atoms with Crippen molar-refractivity contribution in [3.8, 4) is 11.3 Å². The largest absolute Gasteiger partial charge is 0.351 e. The van der Waals surface area contributed by atoms with E-state index in [4.69, 9.17) is 9.97 Å². The van der Waals surface area contributed by atoms with Gasteiger partial charge in [0, 0.05) is 43.4 Å². The molecule has 1 aliphatic carbocycles. The Balaban J connectivity index is 1.17. The first-order valence-electron chi connectivity index (χ1n) is 12.4. The Morgan fingerprint density at radius 2 is 1.53 bits per heavy atom. The Morgan fingerprint density at radius 1 is 0.824 bits per heavy atom. The molecule has 2 heterocycles. The van der Waals surface area contributed by atoms with Gasteiger partial charge in [0.05, 0.1) is 5.69 Å². The summed E-state index contributed by atoms with van der Waals surface area (Å²) in [5.74, 6) is 1.11. The summed E-state index contributed by atoms with van der Waals surface area (Å²) in [4.78, 5) is 12.3. The maximum absolute atomic E-state index is 5.03. The maximum atomic E-state index is 5.03. The SMILES string of the molecule is c1ccc(CN2CCC(Nc3ncc4c(n3)-c3ccccc3C(c3ccccc3)C4)CC2)cc1. The van der Waals surface area contributed by atoms with Crippen LogP contribution in [0, 0.1) is 0 Å². The highest BCUT2D eigenvalue weighted by Crippen LogP contribution is 2.41. The molecule has 1 aromatic heterocycles. The number of hydrogen-bond donors (Lipinski definition) is 1. The lowest BCUT2D eigenvalue weighted by Gasteiger charge is -2.32. The third kappa shape index (κ3) is 4.34. The lowest BCUT2D eigenvalue weighted by molar-refractivity contribution is 0.211. The second-order valence-electron chi connectivity index (χ2n) is 9.50. The van der Waals surface area contributed by atoms with Crippen LogP contribution in [0.15, 0.2) is 91.1 Å². The molecule has 0 saturated carbocycles. The molecule has 34 heavy (non-hydrogen) atoms. The predicted octanol–water partition coefficient (Wildman–Crippen LogP) is 5.91. The van der Waals surface area contributed by atoms with Crippen LogP contribution in [0.2, 0.25) is 0 Å². The van der Waals surface area contributed by atoms with Gasteiger partial charge in [0.25, 0.3) is 0 Å². The summed E-state index contributed by atoms with van der Waals surface area (Å²) < 4.78 is 0. The van der Waals surface area contributed by atoms with Crippen molar-refractivity contribution in [1.82, 2.24) is 14.9 Å². The van der Waals surface area contributed by atoms with Gasteiger partial charge in [-0.2, -0.15) is 0 Å². The van der Waals surface area contributed by atoms with Crippen molar-refractivity contribution in [2.75, 3.05) is 18.4 Å². The highest BCUT2D eigenvalue weighted by molar-refractivity contribution is 5.72. The number of likely N-dealkylation sites (tertiary alicyclic amines) is 1. The molecule has 4 nitrogen and oxygen atoms in total. The van der Waals surface area contributed by atoms with Gasteiger partial charge in [-0.1, -0.05) is 84.9 Å². The second kappa shape index (κ2) is 9.40. The Hall–Kier alpha value is -3.50. The van der Waals surface area contributed by atoms with E-state index in [0.717, 1.165) is 50.5 Å². The Bertz CT molecular complexity index is 1250. The Morgan fingerprint density at radius 3 is 2.32 bits per heavy atom. The molecule has 4 heteroatoms. The molecule has 170 valence electrons. The maximum Gasteiger partial charge on any atom is 0.223 e. The molecule has 1 aliphatic heterocycles. The highest BCUT2D eigenvalue weighted by Gasteiger charge is 2.28. The van der Waals surface area contributed by atoms with Crippen molar-refractivity contribution < 1.29 is 0 Å². The second-order valence-corrected chi connectivity index (χ2v) is 9.50. The van der Waals surface area contributed by atoms with Gasteiger partial charge >= 0.3 is 0 Å². The average molecular weight is 447 g/mol. The van der Waals surface area contributed by atoms with Crippen LogP contribution >= 0.6 is 0 Å². The number of nitrogens with one attached hydrogen (secondary N) is 1. The standard InChI is InChI=1S/C30H30N4/c1-3-9-22(10-4-1)21-34-17-15-25(16-18-34)32-30-31-20-24-19-28(23-11-5-2-6-12-23)26-13-7-8-14-27(26)29(24)33-30/h1-14,20,25,28H,15-19,21H2,(H,31,32,33). The van der Waals surface area contributed by atoms with Crippen molar-refractivity contribution >= 4 is 5.95 Å². The molecule has 6 rings (SSSR count). The molecule has 1 fully saturated rings. The fraction of sp³-hybridized carbons (Fsp3) is 0.267. The third-order valence-electron chi connectivity index (χ3n) is 7.25. The van der Waals surface area contributed by atoms with Crippen LogP contribution in [0.25, 0.3) is 11.3 Å². The molecule has 0 bridgehead atoms. The fourth-order valence-corrected chi connectivity index (χ4v) is 5.45. The van der Waals surface area contributed by atoms with Crippen molar-refractivity contribution in [3.63, 3.8) is 0 Å². The average Bonchev–Trinajstić information content (AvgIpc) is 2.90. The lowest BCUT2D eigenvalue weighted by Crippen LogP contribution is -2.39. The summed E-state index contributed by atoms with van der Waals surface area (Å²) in [6, 6.07) is 30.7. The smallest absolute Gasteiger partial charge is 0.223 e. The molecule has 0 spiro atoms. The molecule has 2 aliphatic rings. The normalized spacial score (nSPS) is 18.2. The molecule has 1 unspecified atom stereocenters. The molecule has 1 atom stereocenters. The van der Waals surface area contributed by atoms with E-state index < -0.39 is 0 Å². The van der Waals surface area contributed by atoms with Gasteiger partial charge in [-0.05, 0) is 41.5 Å². The highest BCUT2D eigenvalue weighted by atomic mass is 15.2. The summed E-state index contributed by atoms with van der Waals surface area (Å²) in [6.45, 7) is 3.22. The van der Waals surface area contributed by atoms with Gasteiger partial charge in [0.15, 0.2) is 0 Å². The summed E-state index contributed by atoms with van der Waals surface area (Å²) >= 11 is 0. The minimum Gasteiger partial charge on any atom is -0.351 e. The molecule has 0 radical (unpaired) electrons. The molecular formula is C30H30N4. The minimum atomic E-state index is 0.348. The zero-order chi connectivity index (χ0) is 22.7. The summed E-state index contributed by atoms with van der Waals surface area (Å²) in [5, 5.41) is 3.64. The van der Waals surface area contributed by atoms with E-state index >= 15 is 0 Å². The van der Waals surface area contributed by atoms with Gasteiger partial charge in [0.2, 0.25) is 5.95 Å². The van der Waals surface area contributed by atoms with Crippen LogP contribution in [-0.2, 0) is 13.0 Å². The quantitative estimate of drug-likeness (QED) is 0.414.